The number of rotatable bonds is 2. The summed E-state index contributed by atoms with van der Waals surface area (Å²) in [5, 5.41) is 9.33. The number of hydrogen-bond donors (Lipinski definition) is 1. The van der Waals surface area contributed by atoms with Gasteiger partial charge in [0, 0.05) is 19.1 Å². The minimum atomic E-state index is -0.813. The molecule has 1 N–H and O–H groups in total. The molecule has 2 fully saturated rings. The average molecular weight is 282 g/mol. The topological polar surface area (TPSA) is 60.9 Å². The van der Waals surface area contributed by atoms with Gasteiger partial charge in [0.05, 0.1) is 11.8 Å². The van der Waals surface area contributed by atoms with Crippen molar-refractivity contribution >= 4 is 11.9 Å². The van der Waals surface area contributed by atoms with Gasteiger partial charge in [-0.3, -0.25) is 9.59 Å². The Kier molecular flexibility index (Phi) is 4.68. The predicted molar refractivity (Wildman–Crippen MR) is 76.3 cm³/mol. The van der Waals surface area contributed by atoms with Gasteiger partial charge in [-0.2, -0.15) is 0 Å². The van der Waals surface area contributed by atoms with Crippen LogP contribution in [0, 0.1) is 17.8 Å². The molecule has 5 heteroatoms. The molecule has 1 saturated heterocycles. The molecule has 2 unspecified atom stereocenters. The number of carbonyl (C=O) groups is 2. The van der Waals surface area contributed by atoms with E-state index in [1.165, 1.54) is 0 Å². The van der Waals surface area contributed by atoms with Crippen LogP contribution >= 0.6 is 0 Å². The van der Waals surface area contributed by atoms with Crippen molar-refractivity contribution in [3.05, 3.63) is 0 Å². The van der Waals surface area contributed by atoms with Gasteiger partial charge in [-0.1, -0.05) is 6.92 Å². The molecular formula is C15H26N2O3. The number of aliphatic carboxylic acids is 1. The Bertz CT molecular complexity index is 385. The number of likely N-dealkylation sites (N-methyl/N-ethyl adjacent to an activating group) is 1. The van der Waals surface area contributed by atoms with Crippen LogP contribution in [0.1, 0.15) is 33.1 Å². The molecule has 0 radical (unpaired) electrons. The van der Waals surface area contributed by atoms with E-state index in [4.69, 9.17) is 0 Å². The van der Waals surface area contributed by atoms with Crippen LogP contribution < -0.4 is 0 Å². The van der Waals surface area contributed by atoms with Gasteiger partial charge in [-0.15, -0.1) is 0 Å². The highest BCUT2D eigenvalue weighted by Gasteiger charge is 2.43. The van der Waals surface area contributed by atoms with Gasteiger partial charge in [0.2, 0.25) is 5.91 Å². The number of carbonyl (C=O) groups excluding carboxylic acids is 1. The number of nitrogens with zero attached hydrogens (tertiary/aromatic N) is 2. The molecule has 1 aliphatic heterocycles. The molecule has 0 aromatic rings. The van der Waals surface area contributed by atoms with Crippen molar-refractivity contribution in [3.8, 4) is 0 Å². The molecule has 114 valence electrons. The molecule has 1 saturated carbocycles. The summed E-state index contributed by atoms with van der Waals surface area (Å²) >= 11 is 0. The van der Waals surface area contributed by atoms with Crippen LogP contribution in [0.5, 0.6) is 0 Å². The smallest absolute Gasteiger partial charge is 0.307 e. The van der Waals surface area contributed by atoms with Crippen LogP contribution in [-0.4, -0.2) is 59.5 Å². The van der Waals surface area contributed by atoms with Gasteiger partial charge >= 0.3 is 5.97 Å². The van der Waals surface area contributed by atoms with Crippen molar-refractivity contribution in [2.24, 2.45) is 17.8 Å². The summed E-state index contributed by atoms with van der Waals surface area (Å²) in [6, 6.07) is 0.167. The third-order valence-electron chi connectivity index (χ3n) is 4.76. The first-order valence-electron chi connectivity index (χ1n) is 7.62. The van der Waals surface area contributed by atoms with Crippen LogP contribution in [0.15, 0.2) is 0 Å². The second kappa shape index (κ2) is 6.12. The maximum Gasteiger partial charge on any atom is 0.307 e. The van der Waals surface area contributed by atoms with Crippen molar-refractivity contribution in [1.82, 2.24) is 9.80 Å². The minimum Gasteiger partial charge on any atom is -0.481 e. The second-order valence-corrected chi connectivity index (χ2v) is 6.62. The Labute approximate surface area is 120 Å². The normalized spacial score (nSPS) is 35.9. The molecule has 0 bridgehead atoms. The molecule has 0 aromatic carbocycles. The van der Waals surface area contributed by atoms with E-state index in [9.17, 15) is 14.7 Å². The van der Waals surface area contributed by atoms with Gasteiger partial charge in [0.25, 0.3) is 0 Å². The van der Waals surface area contributed by atoms with Crippen LogP contribution in [0.25, 0.3) is 0 Å². The van der Waals surface area contributed by atoms with Crippen molar-refractivity contribution < 1.29 is 14.7 Å². The fourth-order valence-corrected chi connectivity index (χ4v) is 3.75. The molecule has 1 aliphatic carbocycles. The third kappa shape index (κ3) is 3.14. The van der Waals surface area contributed by atoms with E-state index in [0.29, 0.717) is 12.3 Å². The van der Waals surface area contributed by atoms with Crippen molar-refractivity contribution in [3.63, 3.8) is 0 Å². The molecule has 0 aromatic heterocycles. The average Bonchev–Trinajstić information content (AvgIpc) is 2.67. The van der Waals surface area contributed by atoms with E-state index in [1.807, 2.05) is 11.8 Å². The summed E-state index contributed by atoms with van der Waals surface area (Å²) in [5.41, 5.74) is 0. The molecule has 2 aliphatic rings. The van der Waals surface area contributed by atoms with Crippen molar-refractivity contribution in [1.29, 1.82) is 0 Å². The lowest BCUT2D eigenvalue weighted by Crippen LogP contribution is -2.46. The lowest BCUT2D eigenvalue weighted by Gasteiger charge is -2.31. The molecule has 0 spiro atoms. The lowest BCUT2D eigenvalue weighted by molar-refractivity contribution is -0.149. The monoisotopic (exact) mass is 282 g/mol. The Hall–Kier alpha value is -1.10. The maximum atomic E-state index is 12.8. The van der Waals surface area contributed by atoms with Gasteiger partial charge in [-0.05, 0) is 45.7 Å². The number of hydrogen-bond acceptors (Lipinski definition) is 3. The van der Waals surface area contributed by atoms with Gasteiger partial charge < -0.3 is 14.9 Å². The van der Waals surface area contributed by atoms with Crippen molar-refractivity contribution in [2.45, 2.75) is 39.2 Å². The van der Waals surface area contributed by atoms with Crippen LogP contribution in [0.4, 0.5) is 0 Å². The van der Waals surface area contributed by atoms with Gasteiger partial charge in [0.1, 0.15) is 0 Å². The van der Waals surface area contributed by atoms with Crippen molar-refractivity contribution in [2.75, 3.05) is 26.7 Å². The number of carboxylic acids is 1. The van der Waals surface area contributed by atoms with Gasteiger partial charge in [-0.25, -0.2) is 0 Å². The quantitative estimate of drug-likeness (QED) is 0.829. The zero-order valence-electron chi connectivity index (χ0n) is 12.7. The highest BCUT2D eigenvalue weighted by atomic mass is 16.4. The van der Waals surface area contributed by atoms with E-state index in [-0.39, 0.29) is 17.9 Å². The fourth-order valence-electron chi connectivity index (χ4n) is 3.75. The molecule has 4 atom stereocenters. The number of carboxylic acid groups (broad SMARTS) is 1. The predicted octanol–water partition coefficient (Wildman–Crippen LogP) is 1.29. The molecule has 1 heterocycles. The third-order valence-corrected chi connectivity index (χ3v) is 4.76. The first kappa shape index (κ1) is 15.3. The standard InChI is InChI=1S/C15H26N2O3/c1-10-7-12(13(8-10)15(19)20)14(18)17-6-4-5-16(3)9-11(17)2/h10-13H,4-9H2,1-3H3,(H,19,20)/t10?,11?,12-,13+/m0/s1. The second-order valence-electron chi connectivity index (χ2n) is 6.62. The SMILES string of the molecule is CC1C[C@H](C(=O)N2CCCN(C)CC2C)[C@H](C(=O)O)C1. The lowest BCUT2D eigenvalue weighted by atomic mass is 9.94. The Morgan fingerprint density at radius 2 is 1.75 bits per heavy atom. The maximum absolute atomic E-state index is 12.8. The molecular weight excluding hydrogens is 256 g/mol. The summed E-state index contributed by atoms with van der Waals surface area (Å²) < 4.78 is 0. The van der Waals surface area contributed by atoms with E-state index in [0.717, 1.165) is 32.5 Å². The summed E-state index contributed by atoms with van der Waals surface area (Å²) in [7, 11) is 2.07. The highest BCUT2D eigenvalue weighted by molar-refractivity contribution is 5.85. The molecule has 2 rings (SSSR count). The zero-order valence-corrected chi connectivity index (χ0v) is 12.7. The van der Waals surface area contributed by atoms with E-state index >= 15 is 0 Å². The van der Waals surface area contributed by atoms with Gasteiger partial charge in [0.15, 0.2) is 0 Å². The summed E-state index contributed by atoms with van der Waals surface area (Å²) in [4.78, 5) is 28.3. The molecule has 1 amide bonds. The molecule has 20 heavy (non-hydrogen) atoms. The largest absolute Gasteiger partial charge is 0.481 e. The van der Waals surface area contributed by atoms with Crippen LogP contribution in [0.3, 0.4) is 0 Å². The van der Waals surface area contributed by atoms with Crippen LogP contribution in [-0.2, 0) is 9.59 Å². The first-order chi connectivity index (χ1) is 9.40. The summed E-state index contributed by atoms with van der Waals surface area (Å²) in [6.45, 7) is 6.72. The highest BCUT2D eigenvalue weighted by Crippen LogP contribution is 2.38. The van der Waals surface area contributed by atoms with E-state index < -0.39 is 11.9 Å². The zero-order chi connectivity index (χ0) is 14.9. The number of amides is 1. The fraction of sp³-hybridized carbons (Fsp3) is 0.867. The van der Waals surface area contributed by atoms with E-state index in [2.05, 4.69) is 18.9 Å². The summed E-state index contributed by atoms with van der Waals surface area (Å²) in [6.07, 6.45) is 2.31. The minimum absolute atomic E-state index is 0.0598. The molecule has 5 nitrogen and oxygen atoms in total. The Morgan fingerprint density at radius 3 is 2.40 bits per heavy atom. The summed E-state index contributed by atoms with van der Waals surface area (Å²) in [5.74, 6) is -1.24. The van der Waals surface area contributed by atoms with E-state index in [1.54, 1.807) is 0 Å². The Morgan fingerprint density at radius 1 is 1.10 bits per heavy atom. The van der Waals surface area contributed by atoms with Crippen LogP contribution in [0.2, 0.25) is 0 Å². The first-order valence-corrected chi connectivity index (χ1v) is 7.62. The Balaban J connectivity index is 2.11.